The molecule has 2 aromatic carbocycles. The summed E-state index contributed by atoms with van der Waals surface area (Å²) >= 11 is 1.41. The maximum atomic E-state index is 11.2. The average Bonchev–Trinajstić information content (AvgIpc) is 2.93. The number of Topliss-reactive ketones (excluding diaryl/α,β-unsaturated/α-hetero) is 1. The van der Waals surface area contributed by atoms with Crippen LogP contribution < -0.4 is 0 Å². The normalized spacial score (nSPS) is 11.0. The van der Waals surface area contributed by atoms with E-state index in [9.17, 15) is 4.79 Å². The maximum Gasteiger partial charge on any atom is 0.196 e. The fraction of sp³-hybridized carbons (Fsp3) is 0.235. The Balaban J connectivity index is 2.15. The van der Waals surface area contributed by atoms with Gasteiger partial charge in [0.1, 0.15) is 12.1 Å². The molecule has 112 valence electrons. The van der Waals surface area contributed by atoms with Crippen LogP contribution >= 0.6 is 11.8 Å². The van der Waals surface area contributed by atoms with Crippen LogP contribution in [0.25, 0.3) is 16.5 Å². The van der Waals surface area contributed by atoms with Gasteiger partial charge in [0.05, 0.1) is 11.4 Å². The van der Waals surface area contributed by atoms with E-state index < -0.39 is 0 Å². The van der Waals surface area contributed by atoms with Crippen molar-refractivity contribution in [1.82, 2.24) is 14.8 Å². The molecule has 0 aliphatic rings. The van der Waals surface area contributed by atoms with Crippen LogP contribution in [-0.2, 0) is 4.79 Å². The maximum absolute atomic E-state index is 11.2. The molecule has 0 atom stereocenters. The summed E-state index contributed by atoms with van der Waals surface area (Å²) in [6.45, 7) is 5.78. The molecule has 0 bridgehead atoms. The Morgan fingerprint density at radius 2 is 2.00 bits per heavy atom. The molecule has 0 spiro atoms. The quantitative estimate of drug-likeness (QED) is 0.689. The number of thioether (sulfide) groups is 1. The summed E-state index contributed by atoms with van der Waals surface area (Å²) in [5.74, 6) is 0.533. The van der Waals surface area contributed by atoms with Crippen molar-refractivity contribution in [3.05, 3.63) is 47.8 Å². The minimum atomic E-state index is 0.129. The van der Waals surface area contributed by atoms with Crippen molar-refractivity contribution in [2.75, 3.05) is 5.75 Å². The summed E-state index contributed by atoms with van der Waals surface area (Å²) in [5, 5.41) is 11.3. The van der Waals surface area contributed by atoms with Gasteiger partial charge in [-0.3, -0.25) is 9.36 Å². The number of benzene rings is 2. The number of hydrogen-bond donors (Lipinski definition) is 0. The number of ketones is 1. The zero-order chi connectivity index (χ0) is 15.7. The molecule has 0 saturated heterocycles. The molecule has 1 heterocycles. The molecular formula is C17H17N3OS. The molecule has 0 aliphatic heterocycles. The molecule has 3 rings (SSSR count). The Hall–Kier alpha value is -2.14. The molecule has 0 amide bonds. The van der Waals surface area contributed by atoms with Gasteiger partial charge in [0.2, 0.25) is 0 Å². The monoisotopic (exact) mass is 311 g/mol. The highest BCUT2D eigenvalue weighted by molar-refractivity contribution is 7.99. The third kappa shape index (κ3) is 2.76. The molecule has 0 N–H and O–H groups in total. The summed E-state index contributed by atoms with van der Waals surface area (Å²) in [7, 11) is 0. The Kier molecular flexibility index (Phi) is 3.98. The summed E-state index contributed by atoms with van der Waals surface area (Å²) in [6.07, 6.45) is 1.70. The minimum absolute atomic E-state index is 0.129. The molecule has 0 radical (unpaired) electrons. The van der Waals surface area contributed by atoms with Crippen LogP contribution in [-0.4, -0.2) is 26.3 Å². The third-order valence-electron chi connectivity index (χ3n) is 3.55. The Bertz CT molecular complexity index is 854. The topological polar surface area (TPSA) is 47.8 Å². The number of aryl methyl sites for hydroxylation is 2. The second kappa shape index (κ2) is 5.93. The lowest BCUT2D eigenvalue weighted by Crippen LogP contribution is -2.00. The number of fused-ring (bicyclic) bond motifs is 1. The van der Waals surface area contributed by atoms with Crippen LogP contribution in [0, 0.1) is 13.8 Å². The summed E-state index contributed by atoms with van der Waals surface area (Å²) in [6, 6.07) is 10.6. The van der Waals surface area contributed by atoms with Crippen molar-refractivity contribution in [2.45, 2.75) is 25.9 Å². The minimum Gasteiger partial charge on any atom is -0.299 e. The molecule has 3 aromatic rings. The van der Waals surface area contributed by atoms with Gasteiger partial charge < -0.3 is 0 Å². The summed E-state index contributed by atoms with van der Waals surface area (Å²) < 4.78 is 1.95. The molecular weight excluding hydrogens is 294 g/mol. The average molecular weight is 311 g/mol. The van der Waals surface area contributed by atoms with E-state index in [-0.39, 0.29) is 5.78 Å². The van der Waals surface area contributed by atoms with E-state index in [0.29, 0.717) is 5.75 Å². The van der Waals surface area contributed by atoms with E-state index in [1.54, 1.807) is 13.3 Å². The number of carbonyl (C=O) groups excluding carboxylic acids is 1. The van der Waals surface area contributed by atoms with E-state index in [4.69, 9.17) is 0 Å². The fourth-order valence-electron chi connectivity index (χ4n) is 2.46. The van der Waals surface area contributed by atoms with Crippen molar-refractivity contribution in [3.8, 4) is 5.69 Å². The highest BCUT2D eigenvalue weighted by atomic mass is 32.2. The second-order valence-electron chi connectivity index (χ2n) is 5.42. The van der Waals surface area contributed by atoms with Gasteiger partial charge in [0, 0.05) is 5.39 Å². The lowest BCUT2D eigenvalue weighted by Gasteiger charge is -2.12. The standard InChI is InChI=1S/C17H17N3OS/c1-11-4-6-14-12(2)5-7-16(15(14)8-11)20-10-18-19-17(20)22-9-13(3)21/h4-8,10H,9H2,1-3H3. The van der Waals surface area contributed by atoms with E-state index in [0.717, 1.165) is 10.8 Å². The molecule has 0 saturated carbocycles. The van der Waals surface area contributed by atoms with Crippen molar-refractivity contribution in [1.29, 1.82) is 0 Å². The van der Waals surface area contributed by atoms with Crippen molar-refractivity contribution in [2.24, 2.45) is 0 Å². The molecule has 0 unspecified atom stereocenters. The van der Waals surface area contributed by atoms with Crippen LogP contribution in [0.4, 0.5) is 0 Å². The lowest BCUT2D eigenvalue weighted by molar-refractivity contribution is -0.114. The highest BCUT2D eigenvalue weighted by Gasteiger charge is 2.12. The first-order chi connectivity index (χ1) is 10.6. The third-order valence-corrected chi connectivity index (χ3v) is 4.64. The number of hydrogen-bond acceptors (Lipinski definition) is 4. The first-order valence-corrected chi connectivity index (χ1v) is 8.07. The zero-order valence-electron chi connectivity index (χ0n) is 12.8. The first kappa shape index (κ1) is 14.8. The Morgan fingerprint density at radius 1 is 1.18 bits per heavy atom. The highest BCUT2D eigenvalue weighted by Crippen LogP contribution is 2.29. The van der Waals surface area contributed by atoms with Gasteiger partial charge in [0.15, 0.2) is 5.16 Å². The Labute approximate surface area is 133 Å². The fourth-order valence-corrected chi connectivity index (χ4v) is 3.18. The SMILES string of the molecule is CC(=O)CSc1nncn1-c1ccc(C)c2ccc(C)cc12. The van der Waals surface area contributed by atoms with Gasteiger partial charge in [-0.1, -0.05) is 35.5 Å². The molecule has 22 heavy (non-hydrogen) atoms. The number of rotatable bonds is 4. The van der Waals surface area contributed by atoms with E-state index in [1.807, 2.05) is 4.57 Å². The Morgan fingerprint density at radius 3 is 2.77 bits per heavy atom. The largest absolute Gasteiger partial charge is 0.299 e. The van der Waals surface area contributed by atoms with Crippen LogP contribution in [0.1, 0.15) is 18.1 Å². The number of carbonyl (C=O) groups is 1. The predicted molar refractivity (Wildman–Crippen MR) is 89.7 cm³/mol. The van der Waals surface area contributed by atoms with Gasteiger partial charge in [-0.05, 0) is 43.9 Å². The molecule has 0 fully saturated rings. The second-order valence-corrected chi connectivity index (χ2v) is 6.37. The predicted octanol–water partition coefficient (Wildman–Crippen LogP) is 3.72. The summed E-state index contributed by atoms with van der Waals surface area (Å²) in [4.78, 5) is 11.2. The molecule has 0 aliphatic carbocycles. The molecule has 4 nitrogen and oxygen atoms in total. The molecule has 5 heteroatoms. The van der Waals surface area contributed by atoms with Gasteiger partial charge in [-0.25, -0.2) is 0 Å². The van der Waals surface area contributed by atoms with Crippen LogP contribution in [0.3, 0.4) is 0 Å². The van der Waals surface area contributed by atoms with Gasteiger partial charge in [-0.2, -0.15) is 0 Å². The van der Waals surface area contributed by atoms with Crippen LogP contribution in [0.2, 0.25) is 0 Å². The van der Waals surface area contributed by atoms with Crippen molar-refractivity contribution >= 4 is 28.3 Å². The van der Waals surface area contributed by atoms with Crippen molar-refractivity contribution < 1.29 is 4.79 Å². The van der Waals surface area contributed by atoms with E-state index in [2.05, 4.69) is 54.4 Å². The summed E-state index contributed by atoms with van der Waals surface area (Å²) in [5.41, 5.74) is 3.50. The lowest BCUT2D eigenvalue weighted by atomic mass is 10.0. The molecule has 1 aromatic heterocycles. The zero-order valence-corrected chi connectivity index (χ0v) is 13.6. The number of aromatic nitrogens is 3. The van der Waals surface area contributed by atoms with Crippen LogP contribution in [0.15, 0.2) is 41.8 Å². The number of nitrogens with zero attached hydrogens (tertiary/aromatic N) is 3. The van der Waals surface area contributed by atoms with Gasteiger partial charge in [-0.15, -0.1) is 10.2 Å². The van der Waals surface area contributed by atoms with Crippen molar-refractivity contribution in [3.63, 3.8) is 0 Å². The van der Waals surface area contributed by atoms with Crippen LogP contribution in [0.5, 0.6) is 0 Å². The van der Waals surface area contributed by atoms with Gasteiger partial charge in [0.25, 0.3) is 0 Å². The smallest absolute Gasteiger partial charge is 0.196 e. The van der Waals surface area contributed by atoms with E-state index >= 15 is 0 Å². The first-order valence-electron chi connectivity index (χ1n) is 7.09. The van der Waals surface area contributed by atoms with E-state index in [1.165, 1.54) is 33.7 Å². The van der Waals surface area contributed by atoms with Gasteiger partial charge >= 0.3 is 0 Å².